The standard InChI is InChI=1S/C20H22F2N6/c1-4-28(5-2)15-7-9-18(13(3)10-15)25-20-26-19(12-23-27-20)24-14-6-8-16(21)17(22)11-14/h6-12H,4-5H2,1-3H3,(H2,24,25,26,27). The summed E-state index contributed by atoms with van der Waals surface area (Å²) in [6, 6.07) is 9.64. The quantitative estimate of drug-likeness (QED) is 0.610. The molecule has 0 radical (unpaired) electrons. The highest BCUT2D eigenvalue weighted by molar-refractivity contribution is 5.65. The van der Waals surface area contributed by atoms with E-state index < -0.39 is 11.6 Å². The highest BCUT2D eigenvalue weighted by atomic mass is 19.2. The topological polar surface area (TPSA) is 66.0 Å². The van der Waals surface area contributed by atoms with Crippen LogP contribution >= 0.6 is 0 Å². The smallest absolute Gasteiger partial charge is 0.249 e. The number of nitrogens with one attached hydrogen (secondary N) is 2. The van der Waals surface area contributed by atoms with E-state index in [1.165, 1.54) is 12.3 Å². The van der Waals surface area contributed by atoms with Gasteiger partial charge in [0.1, 0.15) is 0 Å². The van der Waals surface area contributed by atoms with E-state index in [2.05, 4.69) is 50.6 Å². The summed E-state index contributed by atoms with van der Waals surface area (Å²) in [5.41, 5.74) is 3.43. The molecule has 0 spiro atoms. The van der Waals surface area contributed by atoms with Gasteiger partial charge in [-0.05, 0) is 56.7 Å². The molecule has 0 aliphatic rings. The average molecular weight is 384 g/mol. The molecule has 0 fully saturated rings. The minimum Gasteiger partial charge on any atom is -0.372 e. The molecule has 6 nitrogen and oxygen atoms in total. The predicted octanol–water partition coefficient (Wildman–Crippen LogP) is 4.79. The van der Waals surface area contributed by atoms with Crippen LogP contribution in [0.15, 0.2) is 42.6 Å². The third-order valence-corrected chi connectivity index (χ3v) is 4.34. The first-order valence-electron chi connectivity index (χ1n) is 9.04. The highest BCUT2D eigenvalue weighted by Crippen LogP contribution is 2.25. The molecule has 0 aliphatic heterocycles. The van der Waals surface area contributed by atoms with Crippen molar-refractivity contribution in [3.63, 3.8) is 0 Å². The van der Waals surface area contributed by atoms with E-state index in [-0.39, 0.29) is 0 Å². The molecular formula is C20H22F2N6. The third-order valence-electron chi connectivity index (χ3n) is 4.34. The molecule has 0 saturated heterocycles. The van der Waals surface area contributed by atoms with Gasteiger partial charge in [-0.3, -0.25) is 0 Å². The lowest BCUT2D eigenvalue weighted by Gasteiger charge is -2.22. The Hall–Kier alpha value is -3.29. The molecule has 3 rings (SSSR count). The van der Waals surface area contributed by atoms with Crippen molar-refractivity contribution in [3.8, 4) is 0 Å². The summed E-state index contributed by atoms with van der Waals surface area (Å²) in [7, 11) is 0. The van der Waals surface area contributed by atoms with Gasteiger partial charge in [-0.2, -0.15) is 10.1 Å². The lowest BCUT2D eigenvalue weighted by molar-refractivity contribution is 0.509. The first kappa shape index (κ1) is 19.5. The fourth-order valence-corrected chi connectivity index (χ4v) is 2.83. The monoisotopic (exact) mass is 384 g/mol. The molecule has 0 unspecified atom stereocenters. The molecule has 146 valence electrons. The number of aromatic nitrogens is 3. The number of aryl methyl sites for hydroxylation is 1. The number of halogens is 2. The minimum absolute atomic E-state index is 0.297. The molecule has 28 heavy (non-hydrogen) atoms. The molecule has 8 heteroatoms. The molecule has 1 aromatic heterocycles. The zero-order valence-corrected chi connectivity index (χ0v) is 16.0. The van der Waals surface area contributed by atoms with Crippen LogP contribution in [0, 0.1) is 18.6 Å². The minimum atomic E-state index is -0.936. The van der Waals surface area contributed by atoms with E-state index in [9.17, 15) is 8.78 Å². The van der Waals surface area contributed by atoms with Gasteiger partial charge in [0.2, 0.25) is 5.95 Å². The Morgan fingerprint density at radius 3 is 2.43 bits per heavy atom. The second-order valence-electron chi connectivity index (χ2n) is 6.22. The number of rotatable bonds is 7. The summed E-state index contributed by atoms with van der Waals surface area (Å²) < 4.78 is 26.4. The number of hydrogen-bond donors (Lipinski definition) is 2. The summed E-state index contributed by atoms with van der Waals surface area (Å²) in [6.45, 7) is 8.12. The number of anilines is 5. The SMILES string of the molecule is CCN(CC)c1ccc(Nc2nncc(Nc3ccc(F)c(F)c3)n2)c(C)c1. The van der Waals surface area contributed by atoms with Crippen molar-refractivity contribution >= 4 is 28.8 Å². The van der Waals surface area contributed by atoms with Crippen LogP contribution < -0.4 is 15.5 Å². The van der Waals surface area contributed by atoms with Crippen molar-refractivity contribution in [1.29, 1.82) is 0 Å². The maximum Gasteiger partial charge on any atom is 0.249 e. The Morgan fingerprint density at radius 1 is 0.964 bits per heavy atom. The molecule has 0 atom stereocenters. The van der Waals surface area contributed by atoms with Crippen LogP contribution in [-0.2, 0) is 0 Å². The van der Waals surface area contributed by atoms with Crippen molar-refractivity contribution in [2.75, 3.05) is 28.6 Å². The van der Waals surface area contributed by atoms with Gasteiger partial charge in [-0.25, -0.2) is 8.78 Å². The van der Waals surface area contributed by atoms with Gasteiger partial charge in [0.25, 0.3) is 0 Å². The van der Waals surface area contributed by atoms with Crippen molar-refractivity contribution in [1.82, 2.24) is 15.2 Å². The maximum atomic E-state index is 13.4. The largest absolute Gasteiger partial charge is 0.372 e. The molecule has 2 N–H and O–H groups in total. The van der Waals surface area contributed by atoms with Gasteiger partial charge in [0, 0.05) is 36.2 Å². The fraction of sp³-hybridized carbons (Fsp3) is 0.250. The molecule has 0 aliphatic carbocycles. The second kappa shape index (κ2) is 8.60. The second-order valence-corrected chi connectivity index (χ2v) is 6.22. The van der Waals surface area contributed by atoms with Gasteiger partial charge in [-0.15, -0.1) is 5.10 Å². The zero-order valence-electron chi connectivity index (χ0n) is 16.0. The Bertz CT molecular complexity index is 959. The normalized spacial score (nSPS) is 10.6. The first-order chi connectivity index (χ1) is 13.5. The van der Waals surface area contributed by atoms with E-state index in [1.807, 2.05) is 19.1 Å². The number of benzene rings is 2. The Labute approximate surface area is 162 Å². The fourth-order valence-electron chi connectivity index (χ4n) is 2.83. The summed E-state index contributed by atoms with van der Waals surface area (Å²) in [5, 5.41) is 13.9. The van der Waals surface area contributed by atoms with Crippen molar-refractivity contribution in [2.24, 2.45) is 0 Å². The first-order valence-corrected chi connectivity index (χ1v) is 9.04. The zero-order chi connectivity index (χ0) is 20.1. The molecule has 0 saturated carbocycles. The van der Waals surface area contributed by atoms with Crippen LogP contribution in [0.3, 0.4) is 0 Å². The van der Waals surface area contributed by atoms with Crippen molar-refractivity contribution < 1.29 is 8.78 Å². The van der Waals surface area contributed by atoms with E-state index in [1.54, 1.807) is 0 Å². The Kier molecular flexibility index (Phi) is 5.98. The number of hydrogen-bond acceptors (Lipinski definition) is 6. The van der Waals surface area contributed by atoms with E-state index >= 15 is 0 Å². The summed E-state index contributed by atoms with van der Waals surface area (Å²) >= 11 is 0. The molecule has 0 bridgehead atoms. The maximum absolute atomic E-state index is 13.4. The van der Waals surface area contributed by atoms with Crippen LogP contribution in [0.5, 0.6) is 0 Å². The Morgan fingerprint density at radius 2 is 1.75 bits per heavy atom. The molecule has 2 aromatic carbocycles. The Balaban J connectivity index is 1.76. The molecule has 3 aromatic rings. The van der Waals surface area contributed by atoms with E-state index in [0.29, 0.717) is 17.5 Å². The number of nitrogens with zero attached hydrogens (tertiary/aromatic N) is 4. The van der Waals surface area contributed by atoms with Gasteiger partial charge < -0.3 is 15.5 Å². The molecule has 0 amide bonds. The van der Waals surface area contributed by atoms with Crippen LogP contribution in [0.1, 0.15) is 19.4 Å². The van der Waals surface area contributed by atoms with Crippen molar-refractivity contribution in [3.05, 3.63) is 59.8 Å². The van der Waals surface area contributed by atoms with Crippen molar-refractivity contribution in [2.45, 2.75) is 20.8 Å². The van der Waals surface area contributed by atoms with Crippen LogP contribution in [-0.4, -0.2) is 28.3 Å². The van der Waals surface area contributed by atoms with Crippen LogP contribution in [0.2, 0.25) is 0 Å². The lowest BCUT2D eigenvalue weighted by atomic mass is 10.1. The molecular weight excluding hydrogens is 362 g/mol. The molecule has 1 heterocycles. The summed E-state index contributed by atoms with van der Waals surface area (Å²) in [4.78, 5) is 6.59. The average Bonchev–Trinajstić information content (AvgIpc) is 2.68. The summed E-state index contributed by atoms with van der Waals surface area (Å²) in [6.07, 6.45) is 1.41. The predicted molar refractivity (Wildman–Crippen MR) is 107 cm³/mol. The van der Waals surface area contributed by atoms with Gasteiger partial charge >= 0.3 is 0 Å². The summed E-state index contributed by atoms with van der Waals surface area (Å²) in [5.74, 6) is -1.18. The highest BCUT2D eigenvalue weighted by Gasteiger charge is 2.08. The van der Waals surface area contributed by atoms with E-state index in [0.717, 1.165) is 42.2 Å². The third kappa shape index (κ3) is 4.51. The van der Waals surface area contributed by atoms with Gasteiger partial charge in [0.15, 0.2) is 17.5 Å². The van der Waals surface area contributed by atoms with Gasteiger partial charge in [-0.1, -0.05) is 0 Å². The van der Waals surface area contributed by atoms with Crippen LogP contribution in [0.25, 0.3) is 0 Å². The van der Waals surface area contributed by atoms with Crippen LogP contribution in [0.4, 0.5) is 37.6 Å². The van der Waals surface area contributed by atoms with E-state index in [4.69, 9.17) is 0 Å². The van der Waals surface area contributed by atoms with Gasteiger partial charge in [0.05, 0.1) is 6.20 Å². The lowest BCUT2D eigenvalue weighted by Crippen LogP contribution is -2.21.